The molecule has 1 N–H and O–H groups in total. The van der Waals surface area contributed by atoms with Gasteiger partial charge >= 0.3 is 0 Å². The number of halogens is 1. The molecular formula is C21H22ClN3. The number of hydrogen-bond donors (Lipinski definition) is 1. The Morgan fingerprint density at radius 1 is 1.08 bits per heavy atom. The summed E-state index contributed by atoms with van der Waals surface area (Å²) in [6.45, 7) is 5.66. The first kappa shape index (κ1) is 16.4. The quantitative estimate of drug-likeness (QED) is 0.669. The lowest BCUT2D eigenvalue weighted by molar-refractivity contribution is 0.331. The molecule has 2 heterocycles. The number of pyridine rings is 1. The van der Waals surface area contributed by atoms with Gasteiger partial charge in [0.25, 0.3) is 0 Å². The summed E-state index contributed by atoms with van der Waals surface area (Å²) in [6.07, 6.45) is 4.46. The van der Waals surface area contributed by atoms with E-state index in [4.69, 9.17) is 11.6 Å². The van der Waals surface area contributed by atoms with Crippen LogP contribution in [0.2, 0.25) is 5.02 Å². The summed E-state index contributed by atoms with van der Waals surface area (Å²) < 4.78 is 0. The third kappa shape index (κ3) is 3.63. The van der Waals surface area contributed by atoms with Gasteiger partial charge in [0.1, 0.15) is 0 Å². The molecule has 1 fully saturated rings. The summed E-state index contributed by atoms with van der Waals surface area (Å²) in [7, 11) is 0. The van der Waals surface area contributed by atoms with Crippen molar-refractivity contribution < 1.29 is 0 Å². The van der Waals surface area contributed by atoms with Crippen molar-refractivity contribution in [2.45, 2.75) is 26.3 Å². The van der Waals surface area contributed by atoms with Gasteiger partial charge in [-0.2, -0.15) is 0 Å². The predicted octanol–water partition coefficient (Wildman–Crippen LogP) is 5.54. The fraction of sp³-hybridized carbons (Fsp3) is 0.286. The van der Waals surface area contributed by atoms with E-state index in [-0.39, 0.29) is 0 Å². The first-order chi connectivity index (χ1) is 12.2. The summed E-state index contributed by atoms with van der Waals surface area (Å²) >= 11 is 6.09. The summed E-state index contributed by atoms with van der Waals surface area (Å²) in [5.41, 5.74) is 5.82. The van der Waals surface area contributed by atoms with Crippen molar-refractivity contribution in [2.75, 3.05) is 18.4 Å². The van der Waals surface area contributed by atoms with Crippen molar-refractivity contribution in [3.8, 4) is 0 Å². The van der Waals surface area contributed by atoms with Crippen molar-refractivity contribution in [3.63, 3.8) is 0 Å². The number of aryl methyl sites for hydroxylation is 1. The maximum Gasteiger partial charge on any atom is 0.0737 e. The lowest BCUT2D eigenvalue weighted by atomic mass is 10.1. The summed E-state index contributed by atoms with van der Waals surface area (Å²) in [5.74, 6) is 0. The Labute approximate surface area is 153 Å². The van der Waals surface area contributed by atoms with Gasteiger partial charge < -0.3 is 5.32 Å². The molecule has 4 heteroatoms. The largest absolute Gasteiger partial charge is 0.355 e. The van der Waals surface area contributed by atoms with E-state index in [0.717, 1.165) is 28.8 Å². The van der Waals surface area contributed by atoms with Crippen LogP contribution in [-0.2, 0) is 6.54 Å². The molecule has 0 amide bonds. The van der Waals surface area contributed by atoms with Crippen LogP contribution < -0.4 is 5.32 Å². The van der Waals surface area contributed by atoms with Crippen LogP contribution >= 0.6 is 11.6 Å². The molecule has 3 aromatic rings. The van der Waals surface area contributed by atoms with Crippen molar-refractivity contribution in [2.24, 2.45) is 0 Å². The van der Waals surface area contributed by atoms with E-state index >= 15 is 0 Å². The van der Waals surface area contributed by atoms with Gasteiger partial charge in [0.05, 0.1) is 5.52 Å². The first-order valence-corrected chi connectivity index (χ1v) is 9.20. The third-order valence-corrected chi connectivity index (χ3v) is 5.16. The summed E-state index contributed by atoms with van der Waals surface area (Å²) in [6, 6.07) is 14.5. The molecule has 0 atom stereocenters. The highest BCUT2D eigenvalue weighted by Crippen LogP contribution is 2.28. The zero-order chi connectivity index (χ0) is 17.2. The Hall–Kier alpha value is -2.10. The number of hydrogen-bond acceptors (Lipinski definition) is 3. The molecule has 1 saturated heterocycles. The SMILES string of the molecule is Cc1ccc(Nc2ccnc3cc(Cl)ccc23)cc1CN1CCCC1. The molecule has 0 radical (unpaired) electrons. The molecule has 0 saturated carbocycles. The van der Waals surface area contributed by atoms with Gasteiger partial charge in [-0.3, -0.25) is 9.88 Å². The minimum Gasteiger partial charge on any atom is -0.355 e. The van der Waals surface area contributed by atoms with Gasteiger partial charge in [-0.05, 0) is 80.4 Å². The zero-order valence-corrected chi connectivity index (χ0v) is 15.2. The van der Waals surface area contributed by atoms with Gasteiger partial charge in [0.15, 0.2) is 0 Å². The number of rotatable bonds is 4. The van der Waals surface area contributed by atoms with Gasteiger partial charge in [-0.15, -0.1) is 0 Å². The fourth-order valence-corrected chi connectivity index (χ4v) is 3.65. The van der Waals surface area contributed by atoms with E-state index in [1.807, 2.05) is 30.5 Å². The standard InChI is InChI=1S/C21H22ClN3/c1-15-4-6-18(12-16(15)14-25-10-2-3-11-25)24-20-8-9-23-21-13-17(22)5-7-19(20)21/h4-9,12-13H,2-3,10-11,14H2,1H3,(H,23,24). The molecule has 3 nitrogen and oxygen atoms in total. The Morgan fingerprint density at radius 2 is 1.92 bits per heavy atom. The van der Waals surface area contributed by atoms with E-state index < -0.39 is 0 Å². The average Bonchev–Trinajstić information content (AvgIpc) is 3.11. The second kappa shape index (κ2) is 7.03. The summed E-state index contributed by atoms with van der Waals surface area (Å²) in [4.78, 5) is 6.95. The highest BCUT2D eigenvalue weighted by Gasteiger charge is 2.13. The van der Waals surface area contributed by atoms with Crippen molar-refractivity contribution in [1.82, 2.24) is 9.88 Å². The maximum atomic E-state index is 6.09. The van der Waals surface area contributed by atoms with E-state index in [2.05, 4.69) is 40.3 Å². The molecule has 4 rings (SSSR count). The Morgan fingerprint density at radius 3 is 2.76 bits per heavy atom. The van der Waals surface area contributed by atoms with Gasteiger partial charge in [0.2, 0.25) is 0 Å². The van der Waals surface area contributed by atoms with Crippen LogP contribution in [0.25, 0.3) is 10.9 Å². The maximum absolute atomic E-state index is 6.09. The van der Waals surface area contributed by atoms with Crippen LogP contribution in [0.1, 0.15) is 24.0 Å². The van der Waals surface area contributed by atoms with Gasteiger partial charge in [-0.25, -0.2) is 0 Å². The normalized spacial score (nSPS) is 15.0. The fourth-order valence-electron chi connectivity index (χ4n) is 3.49. The second-order valence-corrected chi connectivity index (χ2v) is 7.21. The van der Waals surface area contributed by atoms with Crippen LogP contribution in [0.3, 0.4) is 0 Å². The number of nitrogens with one attached hydrogen (secondary N) is 1. The van der Waals surface area contributed by atoms with E-state index in [1.54, 1.807) is 0 Å². The van der Waals surface area contributed by atoms with E-state index in [9.17, 15) is 0 Å². The lowest BCUT2D eigenvalue weighted by Gasteiger charge is -2.18. The number of fused-ring (bicyclic) bond motifs is 1. The Balaban J connectivity index is 1.62. The molecule has 0 spiro atoms. The number of anilines is 2. The van der Waals surface area contributed by atoms with Crippen LogP contribution in [0, 0.1) is 6.92 Å². The lowest BCUT2D eigenvalue weighted by Crippen LogP contribution is -2.19. The van der Waals surface area contributed by atoms with Crippen molar-refractivity contribution >= 4 is 33.9 Å². The van der Waals surface area contributed by atoms with Gasteiger partial charge in [0, 0.05) is 34.5 Å². The number of aromatic nitrogens is 1. The molecule has 128 valence electrons. The first-order valence-electron chi connectivity index (χ1n) is 8.82. The van der Waals surface area contributed by atoms with E-state index in [0.29, 0.717) is 5.02 Å². The van der Waals surface area contributed by atoms with Crippen LogP contribution in [0.5, 0.6) is 0 Å². The molecule has 0 unspecified atom stereocenters. The minimum absolute atomic E-state index is 0.709. The minimum atomic E-state index is 0.709. The monoisotopic (exact) mass is 351 g/mol. The van der Waals surface area contributed by atoms with E-state index in [1.165, 1.54) is 37.1 Å². The molecule has 0 bridgehead atoms. The average molecular weight is 352 g/mol. The van der Waals surface area contributed by atoms with Crippen LogP contribution in [0.4, 0.5) is 11.4 Å². The Bertz CT molecular complexity index is 901. The van der Waals surface area contributed by atoms with Crippen molar-refractivity contribution in [1.29, 1.82) is 0 Å². The molecule has 2 aromatic carbocycles. The summed E-state index contributed by atoms with van der Waals surface area (Å²) in [5, 5.41) is 5.34. The molecule has 25 heavy (non-hydrogen) atoms. The second-order valence-electron chi connectivity index (χ2n) is 6.77. The number of benzene rings is 2. The third-order valence-electron chi connectivity index (χ3n) is 4.93. The molecule has 0 aliphatic carbocycles. The molecule has 1 aromatic heterocycles. The van der Waals surface area contributed by atoms with Crippen LogP contribution in [0.15, 0.2) is 48.7 Å². The highest BCUT2D eigenvalue weighted by atomic mass is 35.5. The predicted molar refractivity (Wildman–Crippen MR) is 106 cm³/mol. The van der Waals surface area contributed by atoms with Crippen molar-refractivity contribution in [3.05, 3.63) is 64.8 Å². The highest BCUT2D eigenvalue weighted by molar-refractivity contribution is 6.31. The molecular weight excluding hydrogens is 330 g/mol. The number of nitrogens with zero attached hydrogens (tertiary/aromatic N) is 2. The van der Waals surface area contributed by atoms with Crippen LogP contribution in [-0.4, -0.2) is 23.0 Å². The smallest absolute Gasteiger partial charge is 0.0737 e. The topological polar surface area (TPSA) is 28.2 Å². The van der Waals surface area contributed by atoms with Gasteiger partial charge in [-0.1, -0.05) is 17.7 Å². The zero-order valence-electron chi connectivity index (χ0n) is 14.4. The number of likely N-dealkylation sites (tertiary alicyclic amines) is 1. The Kier molecular flexibility index (Phi) is 4.60. The molecule has 1 aliphatic rings. The molecule has 1 aliphatic heterocycles.